The Morgan fingerprint density at radius 2 is 2.22 bits per heavy atom. The first-order chi connectivity index (χ1) is 8.66. The van der Waals surface area contributed by atoms with E-state index in [0.717, 1.165) is 17.7 Å². The number of hydrogen-bond acceptors (Lipinski definition) is 2. The van der Waals surface area contributed by atoms with Gasteiger partial charge in [-0.15, -0.1) is 0 Å². The molecule has 2 rings (SSSR count). The first-order valence-electron chi connectivity index (χ1n) is 6.60. The monoisotopic (exact) mass is 244 g/mol. The lowest BCUT2D eigenvalue weighted by Gasteiger charge is -2.19. The van der Waals surface area contributed by atoms with E-state index in [4.69, 9.17) is 0 Å². The summed E-state index contributed by atoms with van der Waals surface area (Å²) in [6.45, 7) is 4.16. The van der Waals surface area contributed by atoms with Crippen molar-refractivity contribution < 1.29 is 4.79 Å². The van der Waals surface area contributed by atoms with Crippen LogP contribution in [0, 0.1) is 12.8 Å². The first kappa shape index (κ1) is 12.8. The molecule has 1 saturated carbocycles. The van der Waals surface area contributed by atoms with Gasteiger partial charge in [0.15, 0.2) is 0 Å². The number of aryl methyl sites for hydroxylation is 1. The fraction of sp³-hybridized carbons (Fsp3) is 0.467. The molecule has 0 spiro atoms. The van der Waals surface area contributed by atoms with Crippen LogP contribution in [0.1, 0.15) is 48.5 Å². The summed E-state index contributed by atoms with van der Waals surface area (Å²) in [5.74, 6) is 0.375. The lowest BCUT2D eigenvalue weighted by atomic mass is 9.89. The summed E-state index contributed by atoms with van der Waals surface area (Å²) in [6.07, 6.45) is 4.64. The molecule has 1 aliphatic rings. The number of nitrogens with one attached hydrogen (secondary N) is 1. The van der Waals surface area contributed by atoms with E-state index in [9.17, 15) is 4.79 Å². The van der Waals surface area contributed by atoms with Crippen LogP contribution in [0.2, 0.25) is 0 Å². The second-order valence-corrected chi connectivity index (χ2v) is 5.06. The zero-order valence-electron chi connectivity index (χ0n) is 11.1. The van der Waals surface area contributed by atoms with Gasteiger partial charge in [0.2, 0.25) is 0 Å². The molecule has 1 aromatic carbocycles. The SMILES string of the molecule is Cc1cccc(C(=O)N/N=C2\CCCCC2C)c1. The second kappa shape index (κ2) is 5.80. The standard InChI is InChI=1S/C15H20N2O/c1-11-6-5-8-13(10-11)15(18)17-16-14-9-4-3-7-12(14)2/h5-6,8,10,12H,3-4,7,9H2,1-2H3,(H,17,18)/b16-14+. The second-order valence-electron chi connectivity index (χ2n) is 5.06. The van der Waals surface area contributed by atoms with Crippen LogP contribution in [0.3, 0.4) is 0 Å². The first-order valence-corrected chi connectivity index (χ1v) is 6.60. The lowest BCUT2D eigenvalue weighted by Crippen LogP contribution is -2.24. The van der Waals surface area contributed by atoms with Crippen molar-refractivity contribution >= 4 is 11.6 Å². The number of carbonyl (C=O) groups excluding carboxylic acids is 1. The molecule has 1 aliphatic carbocycles. The predicted octanol–water partition coefficient (Wildman–Crippen LogP) is 3.29. The Kier molecular flexibility index (Phi) is 4.13. The van der Waals surface area contributed by atoms with Gasteiger partial charge in [-0.3, -0.25) is 4.79 Å². The topological polar surface area (TPSA) is 41.5 Å². The third kappa shape index (κ3) is 3.19. The van der Waals surface area contributed by atoms with Crippen LogP contribution in [-0.2, 0) is 0 Å². The Bertz CT molecular complexity index is 465. The molecule has 1 amide bonds. The number of benzene rings is 1. The Balaban J connectivity index is 2.01. The van der Waals surface area contributed by atoms with E-state index in [2.05, 4.69) is 17.5 Å². The van der Waals surface area contributed by atoms with E-state index in [1.807, 2.05) is 31.2 Å². The molecule has 1 unspecified atom stereocenters. The average molecular weight is 244 g/mol. The molecule has 0 saturated heterocycles. The molecule has 0 aromatic heterocycles. The highest BCUT2D eigenvalue weighted by atomic mass is 16.2. The number of carbonyl (C=O) groups is 1. The molecule has 96 valence electrons. The van der Waals surface area contributed by atoms with Crippen molar-refractivity contribution in [3.8, 4) is 0 Å². The van der Waals surface area contributed by atoms with Crippen molar-refractivity contribution in [1.82, 2.24) is 5.43 Å². The van der Waals surface area contributed by atoms with Crippen LogP contribution in [0.25, 0.3) is 0 Å². The van der Waals surface area contributed by atoms with Crippen molar-refractivity contribution in [2.75, 3.05) is 0 Å². The Morgan fingerprint density at radius 3 is 2.94 bits per heavy atom. The van der Waals surface area contributed by atoms with E-state index in [0.29, 0.717) is 11.5 Å². The molecule has 0 bridgehead atoms. The molecule has 1 fully saturated rings. The summed E-state index contributed by atoms with van der Waals surface area (Å²) >= 11 is 0. The predicted molar refractivity (Wildman–Crippen MR) is 73.7 cm³/mol. The number of rotatable bonds is 2. The molecule has 0 radical (unpaired) electrons. The summed E-state index contributed by atoms with van der Waals surface area (Å²) in [5, 5.41) is 4.29. The minimum atomic E-state index is -0.121. The molecule has 1 atom stereocenters. The summed E-state index contributed by atoms with van der Waals surface area (Å²) in [6, 6.07) is 7.55. The number of amides is 1. The van der Waals surface area contributed by atoms with Crippen molar-refractivity contribution in [1.29, 1.82) is 0 Å². The van der Waals surface area contributed by atoms with Gasteiger partial charge in [-0.2, -0.15) is 5.10 Å². The Hall–Kier alpha value is -1.64. The number of hydrazone groups is 1. The maximum Gasteiger partial charge on any atom is 0.271 e. The maximum atomic E-state index is 11.9. The molecule has 3 heteroatoms. The van der Waals surface area contributed by atoms with Crippen LogP contribution in [0.5, 0.6) is 0 Å². The Morgan fingerprint density at radius 1 is 1.39 bits per heavy atom. The molecular formula is C15H20N2O. The summed E-state index contributed by atoms with van der Waals surface area (Å²) in [7, 11) is 0. The third-order valence-corrected chi connectivity index (χ3v) is 3.47. The zero-order chi connectivity index (χ0) is 13.0. The number of hydrogen-bond donors (Lipinski definition) is 1. The third-order valence-electron chi connectivity index (χ3n) is 3.47. The minimum Gasteiger partial charge on any atom is -0.267 e. The van der Waals surface area contributed by atoms with Crippen molar-refractivity contribution in [3.05, 3.63) is 35.4 Å². The van der Waals surface area contributed by atoms with Crippen LogP contribution < -0.4 is 5.43 Å². The molecular weight excluding hydrogens is 224 g/mol. The fourth-order valence-corrected chi connectivity index (χ4v) is 2.31. The summed E-state index contributed by atoms with van der Waals surface area (Å²) in [4.78, 5) is 11.9. The quantitative estimate of drug-likeness (QED) is 0.797. The van der Waals surface area contributed by atoms with Crippen molar-refractivity contribution in [3.63, 3.8) is 0 Å². The normalized spacial score (nSPS) is 21.9. The van der Waals surface area contributed by atoms with E-state index in [-0.39, 0.29) is 5.91 Å². The van der Waals surface area contributed by atoms with Gasteiger partial charge in [0.05, 0.1) is 0 Å². The molecule has 3 nitrogen and oxygen atoms in total. The van der Waals surface area contributed by atoms with Crippen LogP contribution in [0.4, 0.5) is 0 Å². The summed E-state index contributed by atoms with van der Waals surface area (Å²) < 4.78 is 0. The van der Waals surface area contributed by atoms with E-state index < -0.39 is 0 Å². The van der Waals surface area contributed by atoms with Crippen LogP contribution >= 0.6 is 0 Å². The van der Waals surface area contributed by atoms with Gasteiger partial charge in [0.25, 0.3) is 5.91 Å². The molecule has 0 aliphatic heterocycles. The van der Waals surface area contributed by atoms with Crippen LogP contribution in [0.15, 0.2) is 29.4 Å². The average Bonchev–Trinajstić information content (AvgIpc) is 2.37. The smallest absolute Gasteiger partial charge is 0.267 e. The van der Waals surface area contributed by atoms with E-state index >= 15 is 0 Å². The molecule has 1 aromatic rings. The largest absolute Gasteiger partial charge is 0.271 e. The number of nitrogens with zero attached hydrogens (tertiary/aromatic N) is 1. The Labute approximate surface area is 108 Å². The lowest BCUT2D eigenvalue weighted by molar-refractivity contribution is 0.0954. The molecule has 1 N–H and O–H groups in total. The highest BCUT2D eigenvalue weighted by molar-refractivity contribution is 5.96. The highest BCUT2D eigenvalue weighted by Crippen LogP contribution is 2.20. The van der Waals surface area contributed by atoms with Crippen LogP contribution in [-0.4, -0.2) is 11.6 Å². The highest BCUT2D eigenvalue weighted by Gasteiger charge is 2.16. The fourth-order valence-electron chi connectivity index (χ4n) is 2.31. The minimum absolute atomic E-state index is 0.121. The molecule has 0 heterocycles. The van der Waals surface area contributed by atoms with Gasteiger partial charge in [0, 0.05) is 11.3 Å². The van der Waals surface area contributed by atoms with Gasteiger partial charge >= 0.3 is 0 Å². The van der Waals surface area contributed by atoms with E-state index in [1.54, 1.807) is 0 Å². The van der Waals surface area contributed by atoms with E-state index in [1.165, 1.54) is 19.3 Å². The van der Waals surface area contributed by atoms with Crippen molar-refractivity contribution in [2.45, 2.75) is 39.5 Å². The molecule has 18 heavy (non-hydrogen) atoms. The zero-order valence-corrected chi connectivity index (χ0v) is 11.1. The van der Waals surface area contributed by atoms with Gasteiger partial charge in [-0.25, -0.2) is 5.43 Å². The van der Waals surface area contributed by atoms with Gasteiger partial charge in [0.1, 0.15) is 0 Å². The van der Waals surface area contributed by atoms with Gasteiger partial charge < -0.3 is 0 Å². The van der Waals surface area contributed by atoms with Crippen molar-refractivity contribution in [2.24, 2.45) is 11.0 Å². The summed E-state index contributed by atoms with van der Waals surface area (Å²) in [5.41, 5.74) is 5.56. The van der Waals surface area contributed by atoms with Gasteiger partial charge in [-0.05, 0) is 44.2 Å². The maximum absolute atomic E-state index is 11.9. The van der Waals surface area contributed by atoms with Gasteiger partial charge in [-0.1, -0.05) is 31.0 Å².